The lowest BCUT2D eigenvalue weighted by atomic mass is 10.3. The van der Waals surface area contributed by atoms with E-state index in [4.69, 9.17) is 4.74 Å². The molecular weight excluding hydrogens is 302 g/mol. The number of ether oxygens (including phenoxy) is 1. The van der Waals surface area contributed by atoms with Crippen molar-refractivity contribution < 1.29 is 4.74 Å². The van der Waals surface area contributed by atoms with Gasteiger partial charge in [0, 0.05) is 28.6 Å². The first-order chi connectivity index (χ1) is 9.31. The Bertz CT molecular complexity index is 676. The molecule has 0 bridgehead atoms. The van der Waals surface area contributed by atoms with E-state index in [0.29, 0.717) is 0 Å². The van der Waals surface area contributed by atoms with Crippen molar-refractivity contribution in [3.8, 4) is 17.2 Å². The molecule has 0 saturated heterocycles. The van der Waals surface area contributed by atoms with Gasteiger partial charge in [-0.15, -0.1) is 0 Å². The summed E-state index contributed by atoms with van der Waals surface area (Å²) in [5.41, 5.74) is 1.07. The molecule has 0 aliphatic heterocycles. The number of aromatic nitrogens is 1. The SMILES string of the molecule is Brc1ccn(-c2cccc(Oc3ccccc3)c2)c1. The zero-order chi connectivity index (χ0) is 13.1. The topological polar surface area (TPSA) is 14.2 Å². The van der Waals surface area contributed by atoms with Crippen molar-refractivity contribution in [1.29, 1.82) is 0 Å². The maximum absolute atomic E-state index is 5.82. The molecule has 3 aromatic rings. The summed E-state index contributed by atoms with van der Waals surface area (Å²) in [6.07, 6.45) is 4.02. The largest absolute Gasteiger partial charge is 0.457 e. The van der Waals surface area contributed by atoms with Gasteiger partial charge in [-0.2, -0.15) is 0 Å². The zero-order valence-electron chi connectivity index (χ0n) is 10.2. The van der Waals surface area contributed by atoms with Gasteiger partial charge in [0.25, 0.3) is 0 Å². The molecule has 0 aliphatic carbocycles. The third kappa shape index (κ3) is 2.88. The van der Waals surface area contributed by atoms with Crippen molar-refractivity contribution >= 4 is 15.9 Å². The van der Waals surface area contributed by atoms with Crippen molar-refractivity contribution in [2.45, 2.75) is 0 Å². The van der Waals surface area contributed by atoms with Gasteiger partial charge in [-0.05, 0) is 46.3 Å². The lowest BCUT2D eigenvalue weighted by Crippen LogP contribution is -1.90. The molecule has 0 N–H and O–H groups in total. The normalized spacial score (nSPS) is 10.4. The molecule has 0 saturated carbocycles. The maximum atomic E-state index is 5.82. The summed E-state index contributed by atoms with van der Waals surface area (Å²) in [6, 6.07) is 19.8. The third-order valence-electron chi connectivity index (χ3n) is 2.75. The van der Waals surface area contributed by atoms with Crippen LogP contribution in [0.1, 0.15) is 0 Å². The van der Waals surface area contributed by atoms with Crippen LogP contribution in [0.25, 0.3) is 5.69 Å². The Balaban J connectivity index is 1.88. The molecule has 0 unspecified atom stereocenters. The molecule has 0 spiro atoms. The van der Waals surface area contributed by atoms with Crippen LogP contribution in [-0.2, 0) is 0 Å². The van der Waals surface area contributed by atoms with Crippen molar-refractivity contribution in [3.63, 3.8) is 0 Å². The highest BCUT2D eigenvalue weighted by atomic mass is 79.9. The van der Waals surface area contributed by atoms with Gasteiger partial charge in [-0.25, -0.2) is 0 Å². The molecule has 0 fully saturated rings. The third-order valence-corrected chi connectivity index (χ3v) is 3.22. The first kappa shape index (κ1) is 12.1. The van der Waals surface area contributed by atoms with Gasteiger partial charge >= 0.3 is 0 Å². The Morgan fingerprint density at radius 3 is 2.37 bits per heavy atom. The number of nitrogens with zero attached hydrogens (tertiary/aromatic N) is 1. The van der Waals surface area contributed by atoms with E-state index in [0.717, 1.165) is 21.7 Å². The standard InChI is InChI=1S/C16H12BrNO/c17-13-9-10-18(12-13)14-5-4-8-16(11-14)19-15-6-2-1-3-7-15/h1-12H. The average molecular weight is 314 g/mol. The van der Waals surface area contributed by atoms with E-state index in [-0.39, 0.29) is 0 Å². The van der Waals surface area contributed by atoms with Crippen LogP contribution < -0.4 is 4.74 Å². The van der Waals surface area contributed by atoms with Crippen LogP contribution >= 0.6 is 15.9 Å². The minimum Gasteiger partial charge on any atom is -0.457 e. The summed E-state index contributed by atoms with van der Waals surface area (Å²) in [4.78, 5) is 0. The molecule has 0 atom stereocenters. The Kier molecular flexibility index (Phi) is 3.38. The fourth-order valence-electron chi connectivity index (χ4n) is 1.86. The summed E-state index contributed by atoms with van der Waals surface area (Å²) in [5, 5.41) is 0. The van der Waals surface area contributed by atoms with Crippen molar-refractivity contribution in [3.05, 3.63) is 77.5 Å². The van der Waals surface area contributed by atoms with Crippen molar-refractivity contribution in [2.24, 2.45) is 0 Å². The van der Waals surface area contributed by atoms with Crippen LogP contribution in [0.15, 0.2) is 77.5 Å². The summed E-state index contributed by atoms with van der Waals surface area (Å²) in [5.74, 6) is 1.67. The Morgan fingerprint density at radius 2 is 1.63 bits per heavy atom. The fourth-order valence-corrected chi connectivity index (χ4v) is 2.20. The molecule has 3 heteroatoms. The minimum atomic E-state index is 0.827. The molecule has 0 amide bonds. The van der Waals surface area contributed by atoms with Crippen LogP contribution in [-0.4, -0.2) is 4.57 Å². The predicted molar refractivity (Wildman–Crippen MR) is 80.0 cm³/mol. The lowest BCUT2D eigenvalue weighted by Gasteiger charge is -2.08. The van der Waals surface area contributed by atoms with E-state index >= 15 is 0 Å². The van der Waals surface area contributed by atoms with Crippen LogP contribution in [0.5, 0.6) is 11.5 Å². The monoisotopic (exact) mass is 313 g/mol. The first-order valence-electron chi connectivity index (χ1n) is 5.98. The molecule has 2 aromatic carbocycles. The van der Waals surface area contributed by atoms with E-state index < -0.39 is 0 Å². The number of halogens is 1. The number of hydrogen-bond donors (Lipinski definition) is 0. The zero-order valence-corrected chi connectivity index (χ0v) is 11.7. The average Bonchev–Trinajstić information content (AvgIpc) is 2.87. The molecule has 0 radical (unpaired) electrons. The van der Waals surface area contributed by atoms with Gasteiger partial charge in [0.1, 0.15) is 11.5 Å². The summed E-state index contributed by atoms with van der Waals surface area (Å²) < 4.78 is 8.92. The lowest BCUT2D eigenvalue weighted by molar-refractivity contribution is 0.482. The second kappa shape index (κ2) is 5.33. The highest BCUT2D eigenvalue weighted by Gasteiger charge is 2.01. The fraction of sp³-hybridized carbons (Fsp3) is 0. The second-order valence-electron chi connectivity index (χ2n) is 4.15. The van der Waals surface area contributed by atoms with Crippen LogP contribution in [0.4, 0.5) is 0 Å². The van der Waals surface area contributed by atoms with Gasteiger partial charge in [0.15, 0.2) is 0 Å². The van der Waals surface area contributed by atoms with Gasteiger partial charge in [0.05, 0.1) is 0 Å². The molecule has 0 aliphatic rings. The van der Waals surface area contributed by atoms with E-state index in [1.54, 1.807) is 0 Å². The molecular formula is C16H12BrNO. The number of rotatable bonds is 3. The molecule has 94 valence electrons. The Morgan fingerprint density at radius 1 is 0.842 bits per heavy atom. The van der Waals surface area contributed by atoms with Gasteiger partial charge in [-0.3, -0.25) is 0 Å². The number of para-hydroxylation sites is 1. The molecule has 3 rings (SSSR count). The summed E-state index contributed by atoms with van der Waals surface area (Å²) in [6.45, 7) is 0. The highest BCUT2D eigenvalue weighted by molar-refractivity contribution is 9.10. The molecule has 19 heavy (non-hydrogen) atoms. The summed E-state index contributed by atoms with van der Waals surface area (Å²) in [7, 11) is 0. The summed E-state index contributed by atoms with van der Waals surface area (Å²) >= 11 is 3.45. The van der Waals surface area contributed by atoms with Gasteiger partial charge < -0.3 is 9.30 Å². The van der Waals surface area contributed by atoms with Crippen molar-refractivity contribution in [2.75, 3.05) is 0 Å². The van der Waals surface area contributed by atoms with E-state index in [2.05, 4.69) is 15.9 Å². The van der Waals surface area contributed by atoms with Crippen molar-refractivity contribution in [1.82, 2.24) is 4.57 Å². The number of hydrogen-bond acceptors (Lipinski definition) is 1. The van der Waals surface area contributed by atoms with E-state index in [1.165, 1.54) is 0 Å². The molecule has 2 nitrogen and oxygen atoms in total. The Hall–Kier alpha value is -2.00. The van der Waals surface area contributed by atoms with E-state index in [9.17, 15) is 0 Å². The first-order valence-corrected chi connectivity index (χ1v) is 6.77. The van der Waals surface area contributed by atoms with Gasteiger partial charge in [0.2, 0.25) is 0 Å². The maximum Gasteiger partial charge on any atom is 0.129 e. The quantitative estimate of drug-likeness (QED) is 0.661. The van der Waals surface area contributed by atoms with Crippen LogP contribution in [0.2, 0.25) is 0 Å². The van der Waals surface area contributed by atoms with Crippen LogP contribution in [0.3, 0.4) is 0 Å². The van der Waals surface area contributed by atoms with Crippen LogP contribution in [0, 0.1) is 0 Å². The predicted octanol–water partition coefficient (Wildman–Crippen LogP) is 5.03. The second-order valence-corrected chi connectivity index (χ2v) is 5.07. The molecule has 1 heterocycles. The van der Waals surface area contributed by atoms with Gasteiger partial charge in [-0.1, -0.05) is 24.3 Å². The highest BCUT2D eigenvalue weighted by Crippen LogP contribution is 2.24. The Labute approximate surface area is 120 Å². The molecule has 1 aromatic heterocycles. The smallest absolute Gasteiger partial charge is 0.129 e. The minimum absolute atomic E-state index is 0.827. The van der Waals surface area contributed by atoms with E-state index in [1.807, 2.05) is 77.6 Å². The number of benzene rings is 2.